The summed E-state index contributed by atoms with van der Waals surface area (Å²) in [6.45, 7) is 3.93. The molecule has 23 heavy (non-hydrogen) atoms. The maximum absolute atomic E-state index is 12.2. The fourth-order valence-corrected chi connectivity index (χ4v) is 2.94. The summed E-state index contributed by atoms with van der Waals surface area (Å²) in [4.78, 5) is 14.0. The van der Waals surface area contributed by atoms with E-state index in [4.69, 9.17) is 9.47 Å². The van der Waals surface area contributed by atoms with E-state index in [-0.39, 0.29) is 12.1 Å². The number of ether oxygens (including phenoxy) is 2. The first-order chi connectivity index (χ1) is 11.1. The zero-order valence-corrected chi connectivity index (χ0v) is 14.0. The van der Waals surface area contributed by atoms with Crippen LogP contribution in [0.2, 0.25) is 0 Å². The van der Waals surface area contributed by atoms with Crippen LogP contribution in [0.5, 0.6) is 5.75 Å². The number of carbonyl (C=O) groups excluding carboxylic acids is 1. The van der Waals surface area contributed by atoms with Gasteiger partial charge in [-0.3, -0.25) is 0 Å². The first-order valence-electron chi connectivity index (χ1n) is 8.48. The molecule has 0 radical (unpaired) electrons. The van der Waals surface area contributed by atoms with Crippen molar-refractivity contribution in [2.24, 2.45) is 0 Å². The van der Waals surface area contributed by atoms with E-state index in [1.165, 1.54) is 6.42 Å². The van der Waals surface area contributed by atoms with Gasteiger partial charge in [-0.1, -0.05) is 12.1 Å². The van der Waals surface area contributed by atoms with Gasteiger partial charge in [0.2, 0.25) is 0 Å². The van der Waals surface area contributed by atoms with Crippen LogP contribution in [0.1, 0.15) is 36.8 Å². The Bertz CT molecular complexity index is 551. The second-order valence-electron chi connectivity index (χ2n) is 6.57. The Morgan fingerprint density at radius 3 is 2.87 bits per heavy atom. The van der Waals surface area contributed by atoms with Gasteiger partial charge in [0.1, 0.15) is 11.9 Å². The number of urea groups is 1. The van der Waals surface area contributed by atoms with Gasteiger partial charge in [0.05, 0.1) is 13.2 Å². The first kappa shape index (κ1) is 16.1. The Morgan fingerprint density at radius 1 is 1.39 bits per heavy atom. The minimum absolute atomic E-state index is 0.00887. The smallest absolute Gasteiger partial charge is 0.317 e. The summed E-state index contributed by atoms with van der Waals surface area (Å²) < 4.78 is 11.4. The van der Waals surface area contributed by atoms with E-state index in [1.54, 1.807) is 0 Å². The molecule has 2 fully saturated rings. The molecule has 5 nitrogen and oxygen atoms in total. The fraction of sp³-hybridized carbons (Fsp3) is 0.611. The SMILES string of the molecule is Cc1ccc(CNC(=O)N(C)C2CCC2)c(OC2CCOC2)c1. The van der Waals surface area contributed by atoms with E-state index in [1.807, 2.05) is 31.0 Å². The van der Waals surface area contributed by atoms with E-state index in [0.29, 0.717) is 19.2 Å². The zero-order valence-electron chi connectivity index (χ0n) is 14.0. The summed E-state index contributed by atoms with van der Waals surface area (Å²) in [6, 6.07) is 6.51. The Hall–Kier alpha value is -1.75. The van der Waals surface area contributed by atoms with Crippen LogP contribution in [0, 0.1) is 6.92 Å². The number of nitrogens with zero attached hydrogens (tertiary/aromatic N) is 1. The predicted octanol–water partition coefficient (Wildman–Crippen LogP) is 2.86. The number of benzene rings is 1. The van der Waals surface area contributed by atoms with Gasteiger partial charge in [0, 0.05) is 31.6 Å². The number of aryl methyl sites for hydroxylation is 1. The summed E-state index contributed by atoms with van der Waals surface area (Å²) in [7, 11) is 1.88. The quantitative estimate of drug-likeness (QED) is 0.908. The molecular formula is C18H26N2O3. The highest BCUT2D eigenvalue weighted by molar-refractivity contribution is 5.74. The molecule has 1 aromatic rings. The van der Waals surface area contributed by atoms with E-state index in [0.717, 1.165) is 42.7 Å². The summed E-state index contributed by atoms with van der Waals surface area (Å²) in [6.07, 6.45) is 4.49. The van der Waals surface area contributed by atoms with Crippen molar-refractivity contribution in [3.05, 3.63) is 29.3 Å². The third-order valence-corrected chi connectivity index (χ3v) is 4.78. The van der Waals surface area contributed by atoms with Gasteiger partial charge in [0.25, 0.3) is 0 Å². The van der Waals surface area contributed by atoms with Gasteiger partial charge in [-0.15, -0.1) is 0 Å². The average molecular weight is 318 g/mol. The van der Waals surface area contributed by atoms with Crippen molar-refractivity contribution in [2.75, 3.05) is 20.3 Å². The molecule has 1 aromatic carbocycles. The molecule has 3 rings (SSSR count). The maximum Gasteiger partial charge on any atom is 0.317 e. The van der Waals surface area contributed by atoms with Crippen LogP contribution in [-0.4, -0.2) is 43.3 Å². The summed E-state index contributed by atoms with van der Waals surface area (Å²) in [5.41, 5.74) is 2.17. The molecule has 0 spiro atoms. The van der Waals surface area contributed by atoms with Crippen molar-refractivity contribution in [3.8, 4) is 5.75 Å². The van der Waals surface area contributed by atoms with E-state index in [2.05, 4.69) is 11.4 Å². The molecule has 1 aliphatic carbocycles. The fourth-order valence-electron chi connectivity index (χ4n) is 2.94. The molecule has 1 atom stereocenters. The second kappa shape index (κ2) is 7.21. The lowest BCUT2D eigenvalue weighted by Gasteiger charge is -2.34. The molecule has 1 saturated heterocycles. The zero-order chi connectivity index (χ0) is 16.2. The Labute approximate surface area is 137 Å². The predicted molar refractivity (Wildman–Crippen MR) is 88.7 cm³/mol. The normalized spacial score (nSPS) is 20.9. The van der Waals surface area contributed by atoms with Crippen LogP contribution in [0.25, 0.3) is 0 Å². The number of hydrogen-bond donors (Lipinski definition) is 1. The van der Waals surface area contributed by atoms with Crippen LogP contribution in [0.4, 0.5) is 4.79 Å². The highest BCUT2D eigenvalue weighted by Crippen LogP contribution is 2.25. The van der Waals surface area contributed by atoms with Crippen LogP contribution in [-0.2, 0) is 11.3 Å². The van der Waals surface area contributed by atoms with Crippen molar-refractivity contribution in [2.45, 2.75) is 51.3 Å². The minimum atomic E-state index is -0.00887. The van der Waals surface area contributed by atoms with Crippen LogP contribution in [0.3, 0.4) is 0 Å². The van der Waals surface area contributed by atoms with Crippen LogP contribution < -0.4 is 10.1 Å². The number of carbonyl (C=O) groups is 1. The lowest BCUT2D eigenvalue weighted by atomic mass is 9.92. The van der Waals surface area contributed by atoms with Gasteiger partial charge in [0.15, 0.2) is 0 Å². The average Bonchev–Trinajstić information content (AvgIpc) is 2.97. The lowest BCUT2D eigenvalue weighted by molar-refractivity contribution is 0.140. The van der Waals surface area contributed by atoms with Gasteiger partial charge < -0.3 is 19.7 Å². The molecule has 0 bridgehead atoms. The van der Waals surface area contributed by atoms with Gasteiger partial charge in [-0.05, 0) is 37.8 Å². The van der Waals surface area contributed by atoms with Gasteiger partial charge in [-0.2, -0.15) is 0 Å². The standard InChI is InChI=1S/C18H26N2O3/c1-13-6-7-14(17(10-13)23-16-8-9-22-12-16)11-19-18(21)20(2)15-4-3-5-15/h6-7,10,15-16H,3-5,8-9,11-12H2,1-2H3,(H,19,21). The Balaban J connectivity index is 1.60. The molecule has 2 aliphatic rings. The van der Waals surface area contributed by atoms with Gasteiger partial charge >= 0.3 is 6.03 Å². The van der Waals surface area contributed by atoms with Crippen molar-refractivity contribution < 1.29 is 14.3 Å². The summed E-state index contributed by atoms with van der Waals surface area (Å²) in [5, 5.41) is 3.01. The summed E-state index contributed by atoms with van der Waals surface area (Å²) >= 11 is 0. The number of amides is 2. The molecule has 2 amide bonds. The van der Waals surface area contributed by atoms with Crippen molar-refractivity contribution in [1.29, 1.82) is 0 Å². The molecular weight excluding hydrogens is 292 g/mol. The molecule has 1 unspecified atom stereocenters. The van der Waals surface area contributed by atoms with Crippen molar-refractivity contribution in [1.82, 2.24) is 10.2 Å². The van der Waals surface area contributed by atoms with Gasteiger partial charge in [-0.25, -0.2) is 4.79 Å². The highest BCUT2D eigenvalue weighted by atomic mass is 16.5. The lowest BCUT2D eigenvalue weighted by Crippen LogP contribution is -2.46. The molecule has 126 valence electrons. The third kappa shape index (κ3) is 3.96. The number of nitrogens with one attached hydrogen (secondary N) is 1. The van der Waals surface area contributed by atoms with Crippen molar-refractivity contribution in [3.63, 3.8) is 0 Å². The first-order valence-corrected chi connectivity index (χ1v) is 8.48. The molecule has 1 aliphatic heterocycles. The third-order valence-electron chi connectivity index (χ3n) is 4.78. The summed E-state index contributed by atoms with van der Waals surface area (Å²) in [5.74, 6) is 0.854. The number of rotatable bonds is 5. The topological polar surface area (TPSA) is 50.8 Å². The van der Waals surface area contributed by atoms with Crippen LogP contribution >= 0.6 is 0 Å². The minimum Gasteiger partial charge on any atom is -0.488 e. The maximum atomic E-state index is 12.2. The van der Waals surface area contributed by atoms with Crippen LogP contribution in [0.15, 0.2) is 18.2 Å². The largest absolute Gasteiger partial charge is 0.488 e. The Kier molecular flexibility index (Phi) is 5.06. The second-order valence-corrected chi connectivity index (χ2v) is 6.57. The van der Waals surface area contributed by atoms with E-state index >= 15 is 0 Å². The molecule has 1 heterocycles. The number of hydrogen-bond acceptors (Lipinski definition) is 3. The molecule has 1 N–H and O–H groups in total. The highest BCUT2D eigenvalue weighted by Gasteiger charge is 2.25. The monoisotopic (exact) mass is 318 g/mol. The van der Waals surface area contributed by atoms with Crippen molar-refractivity contribution >= 4 is 6.03 Å². The molecule has 5 heteroatoms. The Morgan fingerprint density at radius 2 is 2.22 bits per heavy atom. The van der Waals surface area contributed by atoms with E-state index in [9.17, 15) is 4.79 Å². The molecule has 0 aromatic heterocycles. The van der Waals surface area contributed by atoms with E-state index < -0.39 is 0 Å². The molecule has 1 saturated carbocycles.